The standard InChI is InChI=1S/C36H37N3O5S/c1-23(2)26-16-14-25(15-17-26)18-33(39-35(41)27-10-7-6-8-11-27)36(42)37-28-12-9-13-32(21-28)45-24(3)34(40)38-29-19-30(43-4)22-31(20-29)44-5/h6-24H,1-5H3,(H,37,42)(H,38,40)(H,39,41)/b33-18+. The van der Waals surface area contributed by atoms with Gasteiger partial charge in [-0.25, -0.2) is 0 Å². The van der Waals surface area contributed by atoms with Gasteiger partial charge in [0.25, 0.3) is 11.8 Å². The SMILES string of the molecule is COc1cc(NC(=O)C(C)Sc2cccc(NC(=O)/C(=C\c3ccc(C(C)C)cc3)NC(=O)c3ccccc3)c2)cc(OC)c1. The van der Waals surface area contributed by atoms with Gasteiger partial charge in [-0.05, 0) is 60.4 Å². The van der Waals surface area contributed by atoms with Crippen LogP contribution in [0.1, 0.15) is 48.2 Å². The highest BCUT2D eigenvalue weighted by atomic mass is 32.2. The van der Waals surface area contributed by atoms with Crippen molar-refractivity contribution in [2.75, 3.05) is 24.9 Å². The molecule has 232 valence electrons. The highest BCUT2D eigenvalue weighted by Gasteiger charge is 2.18. The van der Waals surface area contributed by atoms with Gasteiger partial charge < -0.3 is 25.4 Å². The number of benzene rings is 4. The molecule has 4 rings (SSSR count). The summed E-state index contributed by atoms with van der Waals surface area (Å²) in [6.45, 7) is 6.02. The minimum absolute atomic E-state index is 0.0978. The second kappa shape index (κ2) is 15.6. The molecule has 4 aromatic rings. The van der Waals surface area contributed by atoms with Crippen LogP contribution < -0.4 is 25.4 Å². The Bertz CT molecular complexity index is 1650. The number of hydrogen-bond donors (Lipinski definition) is 3. The molecule has 8 nitrogen and oxygen atoms in total. The van der Waals surface area contributed by atoms with E-state index in [4.69, 9.17) is 9.47 Å². The third kappa shape index (κ3) is 9.48. The quantitative estimate of drug-likeness (QED) is 0.113. The van der Waals surface area contributed by atoms with Crippen LogP contribution >= 0.6 is 11.8 Å². The Labute approximate surface area is 268 Å². The number of thioether (sulfide) groups is 1. The van der Waals surface area contributed by atoms with E-state index in [1.807, 2.05) is 36.4 Å². The summed E-state index contributed by atoms with van der Waals surface area (Å²) in [4.78, 5) is 40.3. The molecule has 0 heterocycles. The number of carbonyl (C=O) groups is 3. The van der Waals surface area contributed by atoms with Crippen LogP contribution in [0.2, 0.25) is 0 Å². The fourth-order valence-corrected chi connectivity index (χ4v) is 5.24. The number of hydrogen-bond acceptors (Lipinski definition) is 6. The van der Waals surface area contributed by atoms with Crippen molar-refractivity contribution in [3.63, 3.8) is 0 Å². The van der Waals surface area contributed by atoms with E-state index in [0.717, 1.165) is 10.5 Å². The molecule has 0 saturated heterocycles. The number of amides is 3. The van der Waals surface area contributed by atoms with Gasteiger partial charge in [0.1, 0.15) is 17.2 Å². The maximum atomic E-state index is 13.5. The summed E-state index contributed by atoms with van der Waals surface area (Å²) < 4.78 is 10.6. The monoisotopic (exact) mass is 623 g/mol. The molecule has 9 heteroatoms. The molecule has 1 atom stereocenters. The smallest absolute Gasteiger partial charge is 0.272 e. The van der Waals surface area contributed by atoms with Crippen molar-refractivity contribution in [3.05, 3.63) is 119 Å². The summed E-state index contributed by atoms with van der Waals surface area (Å²) in [5, 5.41) is 8.11. The molecule has 0 aliphatic heterocycles. The summed E-state index contributed by atoms with van der Waals surface area (Å²) in [5.74, 6) is 0.416. The van der Waals surface area contributed by atoms with Gasteiger partial charge in [-0.1, -0.05) is 62.4 Å². The van der Waals surface area contributed by atoms with Crippen LogP contribution in [0.15, 0.2) is 108 Å². The molecular weight excluding hydrogens is 586 g/mol. The highest BCUT2D eigenvalue weighted by Crippen LogP contribution is 2.29. The van der Waals surface area contributed by atoms with Crippen molar-refractivity contribution >= 4 is 46.9 Å². The topological polar surface area (TPSA) is 106 Å². The zero-order chi connectivity index (χ0) is 32.3. The van der Waals surface area contributed by atoms with E-state index in [-0.39, 0.29) is 11.6 Å². The molecule has 3 N–H and O–H groups in total. The summed E-state index contributed by atoms with van der Waals surface area (Å²) in [6.07, 6.45) is 1.65. The van der Waals surface area contributed by atoms with Gasteiger partial charge in [-0.3, -0.25) is 14.4 Å². The lowest BCUT2D eigenvalue weighted by atomic mass is 10.0. The molecule has 0 aliphatic carbocycles. The summed E-state index contributed by atoms with van der Waals surface area (Å²) >= 11 is 1.34. The van der Waals surface area contributed by atoms with Gasteiger partial charge >= 0.3 is 0 Å². The largest absolute Gasteiger partial charge is 0.497 e. The van der Waals surface area contributed by atoms with E-state index in [1.165, 1.54) is 17.3 Å². The molecule has 0 radical (unpaired) electrons. The predicted octanol–water partition coefficient (Wildman–Crippen LogP) is 7.36. The number of rotatable bonds is 12. The summed E-state index contributed by atoms with van der Waals surface area (Å²) in [5.41, 5.74) is 3.55. The first-order valence-electron chi connectivity index (χ1n) is 14.4. The third-order valence-corrected chi connectivity index (χ3v) is 7.93. The fourth-order valence-electron chi connectivity index (χ4n) is 4.31. The van der Waals surface area contributed by atoms with Crippen LogP contribution in [0.25, 0.3) is 6.08 Å². The van der Waals surface area contributed by atoms with Gasteiger partial charge in [0, 0.05) is 40.0 Å². The Balaban J connectivity index is 1.48. The predicted molar refractivity (Wildman–Crippen MR) is 181 cm³/mol. The van der Waals surface area contributed by atoms with Crippen LogP contribution in [-0.2, 0) is 9.59 Å². The Kier molecular flexibility index (Phi) is 11.4. The molecule has 3 amide bonds. The first kappa shape index (κ1) is 32.9. The molecular formula is C36H37N3O5S. The maximum absolute atomic E-state index is 13.5. The Morgan fingerprint density at radius 2 is 1.40 bits per heavy atom. The molecule has 0 saturated carbocycles. The molecule has 1 unspecified atom stereocenters. The lowest BCUT2D eigenvalue weighted by molar-refractivity contribution is -0.115. The number of ether oxygens (including phenoxy) is 2. The van der Waals surface area contributed by atoms with Crippen molar-refractivity contribution in [3.8, 4) is 11.5 Å². The Morgan fingerprint density at radius 3 is 2.02 bits per heavy atom. The van der Waals surface area contributed by atoms with Crippen molar-refractivity contribution in [1.29, 1.82) is 0 Å². The number of carbonyl (C=O) groups excluding carboxylic acids is 3. The lowest BCUT2D eigenvalue weighted by Gasteiger charge is -2.15. The highest BCUT2D eigenvalue weighted by molar-refractivity contribution is 8.00. The van der Waals surface area contributed by atoms with Gasteiger partial charge in [0.05, 0.1) is 19.5 Å². The maximum Gasteiger partial charge on any atom is 0.272 e. The number of nitrogens with one attached hydrogen (secondary N) is 3. The Hall–Kier alpha value is -5.02. The third-order valence-electron chi connectivity index (χ3n) is 6.84. The minimum atomic E-state index is -0.480. The zero-order valence-corrected chi connectivity index (χ0v) is 26.7. The first-order valence-corrected chi connectivity index (χ1v) is 15.3. The van der Waals surface area contributed by atoms with Gasteiger partial charge in [-0.15, -0.1) is 11.8 Å². The normalized spacial score (nSPS) is 11.8. The molecule has 4 aromatic carbocycles. The summed E-state index contributed by atoms with van der Waals surface area (Å²) in [6, 6.07) is 28.9. The Morgan fingerprint density at radius 1 is 0.733 bits per heavy atom. The van der Waals surface area contributed by atoms with Crippen molar-refractivity contribution in [2.45, 2.75) is 36.8 Å². The second-order valence-electron chi connectivity index (χ2n) is 10.5. The van der Waals surface area contributed by atoms with Gasteiger partial charge in [0.2, 0.25) is 5.91 Å². The zero-order valence-electron chi connectivity index (χ0n) is 25.9. The first-order chi connectivity index (χ1) is 21.6. The molecule has 0 fully saturated rings. The van der Waals surface area contributed by atoms with E-state index in [0.29, 0.717) is 34.4 Å². The van der Waals surface area contributed by atoms with E-state index in [2.05, 4.69) is 29.8 Å². The van der Waals surface area contributed by atoms with Crippen molar-refractivity contribution < 1.29 is 23.9 Å². The lowest BCUT2D eigenvalue weighted by Crippen LogP contribution is -2.30. The van der Waals surface area contributed by atoms with E-state index < -0.39 is 17.1 Å². The summed E-state index contributed by atoms with van der Waals surface area (Å²) in [7, 11) is 3.09. The minimum Gasteiger partial charge on any atom is -0.497 e. The van der Waals surface area contributed by atoms with Crippen LogP contribution in [0, 0.1) is 0 Å². The average Bonchev–Trinajstić information content (AvgIpc) is 3.04. The number of methoxy groups -OCH3 is 2. The van der Waals surface area contributed by atoms with Crippen molar-refractivity contribution in [1.82, 2.24) is 5.32 Å². The average molecular weight is 624 g/mol. The molecule has 0 bridgehead atoms. The van der Waals surface area contributed by atoms with Gasteiger partial charge in [-0.2, -0.15) is 0 Å². The molecule has 0 aromatic heterocycles. The molecule has 0 spiro atoms. The second-order valence-corrected chi connectivity index (χ2v) is 11.9. The van der Waals surface area contributed by atoms with Crippen LogP contribution in [0.3, 0.4) is 0 Å². The van der Waals surface area contributed by atoms with Crippen LogP contribution in [0.5, 0.6) is 11.5 Å². The molecule has 45 heavy (non-hydrogen) atoms. The van der Waals surface area contributed by atoms with Gasteiger partial charge in [0.15, 0.2) is 0 Å². The van der Waals surface area contributed by atoms with Crippen LogP contribution in [0.4, 0.5) is 11.4 Å². The van der Waals surface area contributed by atoms with Crippen molar-refractivity contribution in [2.24, 2.45) is 0 Å². The molecule has 0 aliphatic rings. The number of anilines is 2. The van der Waals surface area contributed by atoms with Crippen LogP contribution in [-0.4, -0.2) is 37.2 Å². The van der Waals surface area contributed by atoms with E-state index in [1.54, 1.807) is 87.9 Å². The fraction of sp³-hybridized carbons (Fsp3) is 0.194. The van der Waals surface area contributed by atoms with E-state index in [9.17, 15) is 14.4 Å². The van der Waals surface area contributed by atoms with E-state index >= 15 is 0 Å².